The van der Waals surface area contributed by atoms with Gasteiger partial charge < -0.3 is 15.1 Å². The largest absolute Gasteiger partial charge is 0.368 e. The highest BCUT2D eigenvalue weighted by Gasteiger charge is 2.21. The summed E-state index contributed by atoms with van der Waals surface area (Å²) in [5, 5.41) is 4.86. The minimum absolute atomic E-state index is 0.0567. The van der Waals surface area contributed by atoms with E-state index in [1.165, 1.54) is 0 Å². The average Bonchev–Trinajstić information content (AvgIpc) is 2.60. The highest BCUT2D eigenvalue weighted by atomic mass is 35.5. The fourth-order valence-corrected chi connectivity index (χ4v) is 3.42. The van der Waals surface area contributed by atoms with Crippen LogP contribution in [0.25, 0.3) is 0 Å². The van der Waals surface area contributed by atoms with E-state index < -0.39 is 0 Å². The summed E-state index contributed by atoms with van der Waals surface area (Å²) in [6.07, 6.45) is 0. The third-order valence-corrected chi connectivity index (χ3v) is 4.82. The molecule has 2 aromatic rings. The quantitative estimate of drug-likeness (QED) is 0.815. The molecule has 4 nitrogen and oxygen atoms in total. The molecule has 132 valence electrons. The van der Waals surface area contributed by atoms with Gasteiger partial charge in [0.2, 0.25) is 0 Å². The Morgan fingerprint density at radius 1 is 0.880 bits per heavy atom. The number of rotatable bonds is 3. The van der Waals surface area contributed by atoms with Crippen molar-refractivity contribution in [1.82, 2.24) is 10.2 Å². The van der Waals surface area contributed by atoms with Crippen LogP contribution >= 0.6 is 34.8 Å². The van der Waals surface area contributed by atoms with Crippen LogP contribution < -0.4 is 10.2 Å². The van der Waals surface area contributed by atoms with Gasteiger partial charge >= 0.3 is 6.03 Å². The zero-order valence-electron chi connectivity index (χ0n) is 13.5. The van der Waals surface area contributed by atoms with Gasteiger partial charge in [-0.05, 0) is 35.9 Å². The molecule has 25 heavy (non-hydrogen) atoms. The maximum atomic E-state index is 12.3. The lowest BCUT2D eigenvalue weighted by Gasteiger charge is -2.36. The molecule has 1 N–H and O–H groups in total. The molecule has 7 heteroatoms. The normalized spacial score (nSPS) is 14.5. The molecule has 0 atom stereocenters. The van der Waals surface area contributed by atoms with Gasteiger partial charge in [0.1, 0.15) is 0 Å². The summed E-state index contributed by atoms with van der Waals surface area (Å²) in [6.45, 7) is 3.27. The van der Waals surface area contributed by atoms with Crippen molar-refractivity contribution in [3.8, 4) is 0 Å². The first kappa shape index (κ1) is 18.2. The number of hydrogen-bond donors (Lipinski definition) is 1. The SMILES string of the molecule is O=C(NCc1ccc(Cl)cc1)N1CCN(c2cc(Cl)cc(Cl)c2)CC1. The molecule has 0 unspecified atom stereocenters. The van der Waals surface area contributed by atoms with E-state index in [1.54, 1.807) is 6.07 Å². The third kappa shape index (κ3) is 4.94. The van der Waals surface area contributed by atoms with Crippen LogP contribution in [0.5, 0.6) is 0 Å². The lowest BCUT2D eigenvalue weighted by molar-refractivity contribution is 0.194. The van der Waals surface area contributed by atoms with Crippen LogP contribution in [-0.4, -0.2) is 37.1 Å². The summed E-state index contributed by atoms with van der Waals surface area (Å²) in [4.78, 5) is 16.3. The Morgan fingerprint density at radius 2 is 1.48 bits per heavy atom. The van der Waals surface area contributed by atoms with Crippen LogP contribution in [0.2, 0.25) is 15.1 Å². The number of carbonyl (C=O) groups excluding carboxylic acids is 1. The molecule has 3 rings (SSSR count). The molecule has 1 fully saturated rings. The van der Waals surface area contributed by atoms with Crippen LogP contribution in [-0.2, 0) is 6.54 Å². The summed E-state index contributed by atoms with van der Waals surface area (Å²) in [6, 6.07) is 12.9. The van der Waals surface area contributed by atoms with Crippen molar-refractivity contribution in [2.24, 2.45) is 0 Å². The van der Waals surface area contributed by atoms with Gasteiger partial charge in [-0.2, -0.15) is 0 Å². The van der Waals surface area contributed by atoms with E-state index in [0.717, 1.165) is 24.3 Å². The van der Waals surface area contributed by atoms with Crippen LogP contribution in [0.1, 0.15) is 5.56 Å². The van der Waals surface area contributed by atoms with Gasteiger partial charge in [0.15, 0.2) is 0 Å². The van der Waals surface area contributed by atoms with Crippen molar-refractivity contribution in [2.45, 2.75) is 6.54 Å². The molecule has 2 aromatic carbocycles. The molecule has 1 heterocycles. The molecular formula is C18H18Cl3N3O. The number of amides is 2. The monoisotopic (exact) mass is 397 g/mol. The number of urea groups is 1. The van der Waals surface area contributed by atoms with Crippen LogP contribution in [0.4, 0.5) is 10.5 Å². The fraction of sp³-hybridized carbons (Fsp3) is 0.278. The molecule has 0 aromatic heterocycles. The molecule has 0 spiro atoms. The number of carbonyl (C=O) groups is 1. The van der Waals surface area contributed by atoms with E-state index in [2.05, 4.69) is 10.2 Å². The molecule has 1 saturated heterocycles. The Hall–Kier alpha value is -1.62. The van der Waals surface area contributed by atoms with Gasteiger partial charge in [0, 0.05) is 53.5 Å². The van der Waals surface area contributed by atoms with Crippen molar-refractivity contribution in [2.75, 3.05) is 31.1 Å². The van der Waals surface area contributed by atoms with Gasteiger partial charge in [-0.15, -0.1) is 0 Å². The molecule has 0 saturated carbocycles. The van der Waals surface area contributed by atoms with Gasteiger partial charge in [0.25, 0.3) is 0 Å². The Bertz CT molecular complexity index is 723. The second kappa shape index (κ2) is 8.17. The zero-order chi connectivity index (χ0) is 17.8. The molecule has 1 aliphatic heterocycles. The molecule has 0 bridgehead atoms. The minimum atomic E-state index is -0.0567. The number of benzene rings is 2. The maximum absolute atomic E-state index is 12.3. The van der Waals surface area contributed by atoms with Crippen LogP contribution in [0, 0.1) is 0 Å². The smallest absolute Gasteiger partial charge is 0.317 e. The van der Waals surface area contributed by atoms with Crippen LogP contribution in [0.3, 0.4) is 0 Å². The minimum Gasteiger partial charge on any atom is -0.368 e. The molecular weight excluding hydrogens is 381 g/mol. The lowest BCUT2D eigenvalue weighted by atomic mass is 10.2. The average molecular weight is 399 g/mol. The van der Waals surface area contributed by atoms with Crippen molar-refractivity contribution < 1.29 is 4.79 Å². The Balaban J connectivity index is 1.51. The topological polar surface area (TPSA) is 35.6 Å². The van der Waals surface area contributed by atoms with E-state index in [-0.39, 0.29) is 6.03 Å². The van der Waals surface area contributed by atoms with E-state index in [4.69, 9.17) is 34.8 Å². The second-order valence-electron chi connectivity index (χ2n) is 5.89. The predicted molar refractivity (Wildman–Crippen MR) is 104 cm³/mol. The molecule has 1 aliphatic rings. The van der Waals surface area contributed by atoms with E-state index in [1.807, 2.05) is 41.3 Å². The predicted octanol–water partition coefficient (Wildman–Crippen LogP) is 4.68. The molecule has 0 aliphatic carbocycles. The Kier molecular flexibility index (Phi) is 5.94. The third-order valence-electron chi connectivity index (χ3n) is 4.14. The summed E-state index contributed by atoms with van der Waals surface area (Å²) >= 11 is 18.0. The summed E-state index contributed by atoms with van der Waals surface area (Å²) in [5.74, 6) is 0. The summed E-state index contributed by atoms with van der Waals surface area (Å²) in [5.41, 5.74) is 2.00. The first-order valence-corrected chi connectivity index (χ1v) is 9.13. The first-order valence-electron chi connectivity index (χ1n) is 7.99. The van der Waals surface area contributed by atoms with Crippen LogP contribution in [0.15, 0.2) is 42.5 Å². The Labute approximate surface area is 162 Å². The number of anilines is 1. The van der Waals surface area contributed by atoms with Gasteiger partial charge in [0.05, 0.1) is 0 Å². The highest BCUT2D eigenvalue weighted by molar-refractivity contribution is 6.35. The summed E-state index contributed by atoms with van der Waals surface area (Å²) in [7, 11) is 0. The van der Waals surface area contributed by atoms with Gasteiger partial charge in [-0.3, -0.25) is 0 Å². The standard InChI is InChI=1S/C18H18Cl3N3O/c19-14-3-1-13(2-4-14)12-22-18(25)24-7-5-23(6-8-24)17-10-15(20)9-16(21)11-17/h1-4,9-11H,5-8,12H2,(H,22,25). The van der Waals surface area contributed by atoms with E-state index in [9.17, 15) is 4.79 Å². The van der Waals surface area contributed by atoms with Crippen molar-refractivity contribution >= 4 is 46.5 Å². The number of halogens is 3. The van der Waals surface area contributed by atoms with Gasteiger partial charge in [-0.25, -0.2) is 4.79 Å². The summed E-state index contributed by atoms with van der Waals surface area (Å²) < 4.78 is 0. The first-order chi connectivity index (χ1) is 12.0. The van der Waals surface area contributed by atoms with E-state index in [0.29, 0.717) is 34.7 Å². The number of piperazine rings is 1. The second-order valence-corrected chi connectivity index (χ2v) is 7.20. The zero-order valence-corrected chi connectivity index (χ0v) is 15.8. The Morgan fingerprint density at radius 3 is 2.08 bits per heavy atom. The van der Waals surface area contributed by atoms with Gasteiger partial charge in [-0.1, -0.05) is 46.9 Å². The number of nitrogens with one attached hydrogen (secondary N) is 1. The van der Waals surface area contributed by atoms with E-state index >= 15 is 0 Å². The molecule has 0 radical (unpaired) electrons. The molecule has 2 amide bonds. The van der Waals surface area contributed by atoms with Crippen molar-refractivity contribution in [3.05, 3.63) is 63.1 Å². The number of hydrogen-bond acceptors (Lipinski definition) is 2. The van der Waals surface area contributed by atoms with Crippen molar-refractivity contribution in [1.29, 1.82) is 0 Å². The highest BCUT2D eigenvalue weighted by Crippen LogP contribution is 2.26. The number of nitrogens with zero attached hydrogens (tertiary/aromatic N) is 2. The van der Waals surface area contributed by atoms with Crippen molar-refractivity contribution in [3.63, 3.8) is 0 Å². The lowest BCUT2D eigenvalue weighted by Crippen LogP contribution is -2.51. The fourth-order valence-electron chi connectivity index (χ4n) is 2.78. The maximum Gasteiger partial charge on any atom is 0.317 e.